The summed E-state index contributed by atoms with van der Waals surface area (Å²) < 4.78 is 18.6. The van der Waals surface area contributed by atoms with Crippen molar-refractivity contribution in [3.05, 3.63) is 35.6 Å². The van der Waals surface area contributed by atoms with Crippen LogP contribution < -0.4 is 5.32 Å². The molecule has 0 spiro atoms. The minimum absolute atomic E-state index is 0.203. The molecule has 1 aromatic rings. The van der Waals surface area contributed by atoms with Crippen LogP contribution in [0.15, 0.2) is 24.3 Å². The molecule has 1 aromatic carbocycles. The zero-order chi connectivity index (χ0) is 16.4. The Morgan fingerprint density at radius 3 is 2.43 bits per heavy atom. The molecule has 1 amide bonds. The van der Waals surface area contributed by atoms with Gasteiger partial charge in [-0.2, -0.15) is 0 Å². The maximum Gasteiger partial charge on any atom is 0.307 e. The van der Waals surface area contributed by atoms with E-state index in [0.717, 1.165) is 18.4 Å². The standard InChI is InChI=1S/C17H20FNO4/c18-12-3-1-11(2-4-12)17(5-7-23-8-6-17)10-19-15(20)13-9-14(13)16(21)22/h1-4,13-14H,5-10H2,(H,19,20)(H,21,22)/t13-,14-/m1/s1. The highest BCUT2D eigenvalue weighted by Crippen LogP contribution is 2.39. The van der Waals surface area contributed by atoms with Crippen LogP contribution in [0.4, 0.5) is 4.39 Å². The van der Waals surface area contributed by atoms with Gasteiger partial charge in [-0.3, -0.25) is 9.59 Å². The molecule has 23 heavy (non-hydrogen) atoms. The average Bonchev–Trinajstić information content (AvgIpc) is 3.35. The van der Waals surface area contributed by atoms with Crippen LogP contribution in [-0.4, -0.2) is 36.7 Å². The van der Waals surface area contributed by atoms with E-state index in [2.05, 4.69) is 5.32 Å². The smallest absolute Gasteiger partial charge is 0.307 e. The molecule has 2 atom stereocenters. The lowest BCUT2D eigenvalue weighted by molar-refractivity contribution is -0.140. The first-order valence-corrected chi connectivity index (χ1v) is 7.86. The Hall–Kier alpha value is -1.95. The van der Waals surface area contributed by atoms with Crippen molar-refractivity contribution < 1.29 is 23.8 Å². The first-order valence-electron chi connectivity index (χ1n) is 7.86. The molecule has 1 saturated heterocycles. The summed E-state index contributed by atoms with van der Waals surface area (Å²) in [6.07, 6.45) is 1.89. The Morgan fingerprint density at radius 1 is 1.22 bits per heavy atom. The number of carbonyl (C=O) groups excluding carboxylic acids is 1. The maximum absolute atomic E-state index is 13.2. The Morgan fingerprint density at radius 2 is 1.87 bits per heavy atom. The first-order chi connectivity index (χ1) is 11.0. The Labute approximate surface area is 133 Å². The van der Waals surface area contributed by atoms with Gasteiger partial charge in [0.25, 0.3) is 0 Å². The normalized spacial score (nSPS) is 25.6. The summed E-state index contributed by atoms with van der Waals surface area (Å²) in [6.45, 7) is 1.60. The lowest BCUT2D eigenvalue weighted by Crippen LogP contribution is -2.45. The zero-order valence-electron chi connectivity index (χ0n) is 12.8. The molecule has 1 heterocycles. The summed E-state index contributed by atoms with van der Waals surface area (Å²) in [4.78, 5) is 23.0. The van der Waals surface area contributed by atoms with Gasteiger partial charge in [-0.1, -0.05) is 12.1 Å². The molecule has 2 aliphatic rings. The van der Waals surface area contributed by atoms with Gasteiger partial charge < -0.3 is 15.2 Å². The van der Waals surface area contributed by atoms with Crippen molar-refractivity contribution in [2.24, 2.45) is 11.8 Å². The summed E-state index contributed by atoms with van der Waals surface area (Å²) >= 11 is 0. The molecule has 2 fully saturated rings. The van der Waals surface area contributed by atoms with Crippen LogP contribution in [0.5, 0.6) is 0 Å². The number of aliphatic carboxylic acids is 1. The zero-order valence-corrected chi connectivity index (χ0v) is 12.8. The lowest BCUT2D eigenvalue weighted by atomic mass is 9.74. The van der Waals surface area contributed by atoms with E-state index in [4.69, 9.17) is 9.84 Å². The van der Waals surface area contributed by atoms with Crippen molar-refractivity contribution in [1.29, 1.82) is 0 Å². The molecule has 0 radical (unpaired) electrons. The number of carboxylic acid groups (broad SMARTS) is 1. The van der Waals surface area contributed by atoms with Gasteiger partial charge in [-0.05, 0) is 37.0 Å². The van der Waals surface area contributed by atoms with Gasteiger partial charge in [0.15, 0.2) is 0 Å². The topological polar surface area (TPSA) is 75.6 Å². The van der Waals surface area contributed by atoms with Gasteiger partial charge in [0, 0.05) is 25.2 Å². The fraction of sp³-hybridized carbons (Fsp3) is 0.529. The Kier molecular flexibility index (Phi) is 4.35. The quantitative estimate of drug-likeness (QED) is 0.866. The number of hydrogen-bond donors (Lipinski definition) is 2. The molecule has 3 rings (SSSR count). The van der Waals surface area contributed by atoms with Crippen molar-refractivity contribution in [1.82, 2.24) is 5.32 Å². The summed E-state index contributed by atoms with van der Waals surface area (Å²) in [5, 5.41) is 11.8. The van der Waals surface area contributed by atoms with E-state index in [-0.39, 0.29) is 17.1 Å². The highest BCUT2D eigenvalue weighted by Gasteiger charge is 2.48. The summed E-state index contributed by atoms with van der Waals surface area (Å²) in [5.74, 6) is -2.37. The summed E-state index contributed by atoms with van der Waals surface area (Å²) in [7, 11) is 0. The minimum Gasteiger partial charge on any atom is -0.481 e. The van der Waals surface area contributed by atoms with Gasteiger partial charge >= 0.3 is 5.97 Å². The van der Waals surface area contributed by atoms with Crippen molar-refractivity contribution in [3.8, 4) is 0 Å². The number of carboxylic acids is 1. The van der Waals surface area contributed by atoms with Crippen LogP contribution in [0.1, 0.15) is 24.8 Å². The monoisotopic (exact) mass is 321 g/mol. The molecule has 0 aromatic heterocycles. The highest BCUT2D eigenvalue weighted by molar-refractivity contribution is 5.89. The third kappa shape index (κ3) is 3.37. The molecular weight excluding hydrogens is 301 g/mol. The molecule has 6 heteroatoms. The molecule has 124 valence electrons. The predicted octanol–water partition coefficient (Wildman–Crippen LogP) is 1.71. The van der Waals surface area contributed by atoms with Gasteiger partial charge in [-0.15, -0.1) is 0 Å². The molecule has 1 aliphatic heterocycles. The Bertz CT molecular complexity index is 595. The number of benzene rings is 1. The number of hydrogen-bond acceptors (Lipinski definition) is 3. The lowest BCUT2D eigenvalue weighted by Gasteiger charge is -2.38. The molecular formula is C17H20FNO4. The predicted molar refractivity (Wildman–Crippen MR) is 80.4 cm³/mol. The van der Waals surface area contributed by atoms with E-state index < -0.39 is 17.8 Å². The van der Waals surface area contributed by atoms with Crippen molar-refractivity contribution >= 4 is 11.9 Å². The SMILES string of the molecule is O=C(O)[C@@H]1C[C@H]1C(=O)NCC1(c2ccc(F)cc2)CCOCC1. The van der Waals surface area contributed by atoms with Crippen molar-refractivity contribution in [2.45, 2.75) is 24.7 Å². The van der Waals surface area contributed by atoms with E-state index in [9.17, 15) is 14.0 Å². The van der Waals surface area contributed by atoms with Crippen molar-refractivity contribution in [3.63, 3.8) is 0 Å². The fourth-order valence-electron chi connectivity index (χ4n) is 3.28. The number of amides is 1. The summed E-state index contributed by atoms with van der Waals surface area (Å²) in [6, 6.07) is 6.36. The molecule has 1 aliphatic carbocycles. The number of ether oxygens (including phenoxy) is 1. The average molecular weight is 321 g/mol. The largest absolute Gasteiger partial charge is 0.481 e. The van der Waals surface area contributed by atoms with E-state index in [0.29, 0.717) is 26.2 Å². The summed E-state index contributed by atoms with van der Waals surface area (Å²) in [5.41, 5.74) is 0.697. The second kappa shape index (κ2) is 6.28. The van der Waals surface area contributed by atoms with Gasteiger partial charge in [0.2, 0.25) is 5.91 Å². The van der Waals surface area contributed by atoms with E-state index in [1.54, 1.807) is 12.1 Å². The first kappa shape index (κ1) is 15.9. The Balaban J connectivity index is 1.69. The number of rotatable bonds is 5. The van der Waals surface area contributed by atoms with E-state index in [1.165, 1.54) is 12.1 Å². The fourth-order valence-corrected chi connectivity index (χ4v) is 3.28. The maximum atomic E-state index is 13.2. The van der Waals surface area contributed by atoms with Crippen LogP contribution in [0.2, 0.25) is 0 Å². The van der Waals surface area contributed by atoms with Crippen LogP contribution >= 0.6 is 0 Å². The minimum atomic E-state index is -0.913. The second-order valence-electron chi connectivity index (χ2n) is 6.40. The number of nitrogens with one attached hydrogen (secondary N) is 1. The van der Waals surface area contributed by atoms with Gasteiger partial charge in [0.1, 0.15) is 5.82 Å². The van der Waals surface area contributed by atoms with Crippen LogP contribution in [0, 0.1) is 17.7 Å². The molecule has 5 nitrogen and oxygen atoms in total. The van der Waals surface area contributed by atoms with Gasteiger partial charge in [-0.25, -0.2) is 4.39 Å². The van der Waals surface area contributed by atoms with Crippen LogP contribution in [-0.2, 0) is 19.7 Å². The molecule has 0 unspecified atom stereocenters. The highest BCUT2D eigenvalue weighted by atomic mass is 19.1. The second-order valence-corrected chi connectivity index (χ2v) is 6.40. The van der Waals surface area contributed by atoms with Crippen molar-refractivity contribution in [2.75, 3.05) is 19.8 Å². The van der Waals surface area contributed by atoms with E-state index >= 15 is 0 Å². The molecule has 0 bridgehead atoms. The number of halogens is 1. The molecule has 2 N–H and O–H groups in total. The van der Waals surface area contributed by atoms with Crippen LogP contribution in [0.3, 0.4) is 0 Å². The molecule has 1 saturated carbocycles. The number of carbonyl (C=O) groups is 2. The third-order valence-electron chi connectivity index (χ3n) is 4.95. The third-order valence-corrected chi connectivity index (χ3v) is 4.95. The van der Waals surface area contributed by atoms with Gasteiger partial charge in [0.05, 0.1) is 11.8 Å². The van der Waals surface area contributed by atoms with E-state index in [1.807, 2.05) is 0 Å². The van der Waals surface area contributed by atoms with Crippen LogP contribution in [0.25, 0.3) is 0 Å².